The molecule has 0 N–H and O–H groups in total. The van der Waals surface area contributed by atoms with E-state index in [9.17, 15) is 22.8 Å². The van der Waals surface area contributed by atoms with Gasteiger partial charge in [0.25, 0.3) is 0 Å². The number of carbonyl (C=O) groups is 2. The van der Waals surface area contributed by atoms with Crippen LogP contribution in [0.25, 0.3) is 28.3 Å². The minimum Gasteiger partial charge on any atom is -0.465 e. The number of benzene rings is 2. The first-order valence-electron chi connectivity index (χ1n) is 10.0. The molecule has 8 nitrogen and oxygen atoms in total. The van der Waals surface area contributed by atoms with Crippen molar-refractivity contribution in [3.63, 3.8) is 0 Å². The van der Waals surface area contributed by atoms with E-state index in [4.69, 9.17) is 25.6 Å². The Bertz CT molecular complexity index is 1410. The molecule has 12 heteroatoms. The molecule has 2 aromatic heterocycles. The van der Waals surface area contributed by atoms with E-state index in [1.54, 1.807) is 6.92 Å². The summed E-state index contributed by atoms with van der Waals surface area (Å²) in [5, 5.41) is 7.77. The predicted molar refractivity (Wildman–Crippen MR) is 117 cm³/mol. The number of esters is 2. The third-order valence-corrected chi connectivity index (χ3v) is 5.17. The van der Waals surface area contributed by atoms with Gasteiger partial charge in [-0.25, -0.2) is 27.4 Å². The van der Waals surface area contributed by atoms with Crippen molar-refractivity contribution in [1.29, 1.82) is 0 Å². The van der Waals surface area contributed by atoms with E-state index in [0.717, 1.165) is 36.2 Å². The summed E-state index contributed by atoms with van der Waals surface area (Å²) in [4.78, 5) is 25.6. The molecule has 0 fully saturated rings. The Morgan fingerprint density at radius 3 is 2.46 bits per heavy atom. The van der Waals surface area contributed by atoms with Gasteiger partial charge in [-0.2, -0.15) is 5.10 Å². The van der Waals surface area contributed by atoms with Gasteiger partial charge in [-0.3, -0.25) is 0 Å². The Morgan fingerprint density at radius 2 is 1.83 bits per heavy atom. The van der Waals surface area contributed by atoms with E-state index in [-0.39, 0.29) is 51.2 Å². The summed E-state index contributed by atoms with van der Waals surface area (Å²) in [6.07, 6.45) is 1.11. The lowest BCUT2D eigenvalue weighted by molar-refractivity contribution is 0.0514. The number of halogens is 4. The second-order valence-electron chi connectivity index (χ2n) is 6.99. The Morgan fingerprint density at radius 1 is 1.11 bits per heavy atom. The minimum atomic E-state index is -0.977. The van der Waals surface area contributed by atoms with Crippen molar-refractivity contribution in [1.82, 2.24) is 14.9 Å². The number of methoxy groups -OCH3 is 1. The largest absolute Gasteiger partial charge is 0.465 e. The SMILES string of the molecule is CCOC(=O)c1c(-c2onc(-c3c(F)cccc3Cl)c2C(=O)OC)cnn1-c1cc(F)cc(F)c1. The summed E-state index contributed by atoms with van der Waals surface area (Å²) in [6, 6.07) is 6.38. The summed E-state index contributed by atoms with van der Waals surface area (Å²) in [6.45, 7) is 1.50. The molecule has 2 heterocycles. The molecule has 2 aromatic carbocycles. The molecule has 0 aliphatic heterocycles. The van der Waals surface area contributed by atoms with E-state index < -0.39 is 29.4 Å². The summed E-state index contributed by atoms with van der Waals surface area (Å²) in [5.74, 6) is -4.87. The molecule has 0 aliphatic carbocycles. The van der Waals surface area contributed by atoms with Crippen LogP contribution in [0.1, 0.15) is 27.8 Å². The minimum absolute atomic E-state index is 0.0443. The standard InChI is InChI=1S/C23H15ClF3N3O5/c1-3-34-23(32)20-14(10-28-30(20)13-8-11(25)7-12(26)9-13)21-18(22(31)33-2)19(29-35-21)17-15(24)5-4-6-16(17)27/h4-10H,3H2,1-2H3. The van der Waals surface area contributed by atoms with Crippen LogP contribution in [0, 0.1) is 17.5 Å². The molecule has 0 radical (unpaired) electrons. The van der Waals surface area contributed by atoms with Gasteiger partial charge in [-0.05, 0) is 31.2 Å². The van der Waals surface area contributed by atoms with Crippen molar-refractivity contribution in [2.45, 2.75) is 6.92 Å². The first kappa shape index (κ1) is 24.0. The van der Waals surface area contributed by atoms with E-state index in [2.05, 4.69) is 10.3 Å². The Balaban J connectivity index is 2.00. The predicted octanol–water partition coefficient (Wildman–Crippen LogP) is 5.23. The summed E-state index contributed by atoms with van der Waals surface area (Å²) < 4.78 is 58.5. The molecule has 4 rings (SSSR count). The Hall–Kier alpha value is -4.12. The molecule has 0 saturated heterocycles. The molecular formula is C23H15ClF3N3O5. The fourth-order valence-corrected chi connectivity index (χ4v) is 3.68. The maximum absolute atomic E-state index is 14.6. The number of ether oxygens (including phenoxy) is 2. The van der Waals surface area contributed by atoms with Gasteiger partial charge in [0.05, 0.1) is 41.8 Å². The number of hydrogen-bond donors (Lipinski definition) is 0. The van der Waals surface area contributed by atoms with Crippen LogP contribution in [0.15, 0.2) is 47.1 Å². The lowest BCUT2D eigenvalue weighted by atomic mass is 10.0. The lowest BCUT2D eigenvalue weighted by Gasteiger charge is -2.09. The molecule has 4 aromatic rings. The molecule has 0 atom stereocenters. The molecule has 0 saturated carbocycles. The fraction of sp³-hybridized carbons (Fsp3) is 0.130. The highest BCUT2D eigenvalue weighted by Crippen LogP contribution is 2.39. The van der Waals surface area contributed by atoms with Crippen molar-refractivity contribution >= 4 is 23.5 Å². The highest BCUT2D eigenvalue weighted by atomic mass is 35.5. The number of aromatic nitrogens is 3. The number of nitrogens with zero attached hydrogens (tertiary/aromatic N) is 3. The van der Waals surface area contributed by atoms with Crippen LogP contribution >= 0.6 is 11.6 Å². The highest BCUT2D eigenvalue weighted by molar-refractivity contribution is 6.33. The zero-order chi connectivity index (χ0) is 25.3. The van der Waals surface area contributed by atoms with Crippen molar-refractivity contribution < 1.29 is 36.8 Å². The van der Waals surface area contributed by atoms with Crippen molar-refractivity contribution in [3.05, 3.63) is 76.3 Å². The third-order valence-electron chi connectivity index (χ3n) is 4.86. The van der Waals surface area contributed by atoms with Crippen LogP contribution in [-0.2, 0) is 9.47 Å². The first-order chi connectivity index (χ1) is 16.8. The van der Waals surface area contributed by atoms with Crippen molar-refractivity contribution in [2.24, 2.45) is 0 Å². The van der Waals surface area contributed by atoms with Gasteiger partial charge in [0.1, 0.15) is 28.7 Å². The average Bonchev–Trinajstić information content (AvgIpc) is 3.42. The van der Waals surface area contributed by atoms with Crippen LogP contribution in [0.2, 0.25) is 5.02 Å². The summed E-state index contributed by atoms with van der Waals surface area (Å²) >= 11 is 6.14. The topological polar surface area (TPSA) is 96.5 Å². The number of carbonyl (C=O) groups excluding carboxylic acids is 2. The van der Waals surface area contributed by atoms with Gasteiger partial charge in [-0.1, -0.05) is 22.8 Å². The normalized spacial score (nSPS) is 10.9. The van der Waals surface area contributed by atoms with E-state index >= 15 is 0 Å². The second kappa shape index (κ2) is 9.63. The van der Waals surface area contributed by atoms with Gasteiger partial charge in [0.2, 0.25) is 0 Å². The zero-order valence-electron chi connectivity index (χ0n) is 18.1. The summed E-state index contributed by atoms with van der Waals surface area (Å²) in [7, 11) is 1.08. The van der Waals surface area contributed by atoms with Gasteiger partial charge in [0, 0.05) is 6.07 Å². The fourth-order valence-electron chi connectivity index (χ4n) is 3.43. The van der Waals surface area contributed by atoms with Gasteiger partial charge in [0.15, 0.2) is 11.5 Å². The quantitative estimate of drug-likeness (QED) is 0.331. The van der Waals surface area contributed by atoms with E-state index in [1.165, 1.54) is 12.1 Å². The number of rotatable bonds is 6. The van der Waals surface area contributed by atoms with Crippen molar-refractivity contribution in [2.75, 3.05) is 13.7 Å². The van der Waals surface area contributed by atoms with Crippen LogP contribution in [0.3, 0.4) is 0 Å². The molecule has 0 amide bonds. The van der Waals surface area contributed by atoms with Gasteiger partial charge < -0.3 is 14.0 Å². The van der Waals surface area contributed by atoms with Crippen LogP contribution < -0.4 is 0 Å². The van der Waals surface area contributed by atoms with E-state index in [1.807, 2.05) is 0 Å². The first-order valence-corrected chi connectivity index (χ1v) is 10.4. The van der Waals surface area contributed by atoms with Crippen molar-refractivity contribution in [3.8, 4) is 28.3 Å². The van der Waals surface area contributed by atoms with Gasteiger partial charge in [-0.15, -0.1) is 0 Å². The Labute approximate surface area is 200 Å². The van der Waals surface area contributed by atoms with Gasteiger partial charge >= 0.3 is 11.9 Å². The third kappa shape index (κ3) is 4.37. The molecule has 0 spiro atoms. The maximum atomic E-state index is 14.6. The number of hydrogen-bond acceptors (Lipinski definition) is 7. The molecule has 0 aliphatic rings. The van der Waals surface area contributed by atoms with Crippen LogP contribution in [0.5, 0.6) is 0 Å². The smallest absolute Gasteiger partial charge is 0.357 e. The summed E-state index contributed by atoms with van der Waals surface area (Å²) in [5.41, 5.74) is -1.47. The molecule has 35 heavy (non-hydrogen) atoms. The Kier molecular flexibility index (Phi) is 6.61. The lowest BCUT2D eigenvalue weighted by Crippen LogP contribution is -2.14. The average molecular weight is 506 g/mol. The molecule has 0 bridgehead atoms. The monoisotopic (exact) mass is 505 g/mol. The molecule has 180 valence electrons. The zero-order valence-corrected chi connectivity index (χ0v) is 18.9. The maximum Gasteiger partial charge on any atom is 0.357 e. The van der Waals surface area contributed by atoms with E-state index in [0.29, 0.717) is 6.07 Å². The second-order valence-corrected chi connectivity index (χ2v) is 7.40. The van der Waals surface area contributed by atoms with Crippen LogP contribution in [-0.4, -0.2) is 40.6 Å². The van der Waals surface area contributed by atoms with Crippen LogP contribution in [0.4, 0.5) is 13.2 Å². The highest BCUT2D eigenvalue weighted by Gasteiger charge is 2.33. The molecular weight excluding hydrogens is 491 g/mol. The molecule has 0 unspecified atom stereocenters.